The van der Waals surface area contributed by atoms with Crippen LogP contribution in [0, 0.1) is 5.92 Å². The third-order valence-corrected chi connectivity index (χ3v) is 2.97. The van der Waals surface area contributed by atoms with E-state index < -0.39 is 0 Å². The Morgan fingerprint density at radius 1 is 1.36 bits per heavy atom. The van der Waals surface area contributed by atoms with Gasteiger partial charge in [0.2, 0.25) is 0 Å². The van der Waals surface area contributed by atoms with Crippen LogP contribution in [0.3, 0.4) is 0 Å². The first-order valence-electron chi connectivity index (χ1n) is 4.65. The molecule has 1 saturated heterocycles. The van der Waals surface area contributed by atoms with E-state index in [1.165, 1.54) is 19.3 Å². The Hall–Kier alpha value is -0.0800. The maximum Gasteiger partial charge on any atom is 0.171 e. The summed E-state index contributed by atoms with van der Waals surface area (Å²) in [5, 5.41) is 0. The Balaban J connectivity index is 2.09. The normalized spacial score (nSPS) is 35.2. The Kier molecular flexibility index (Phi) is 1.90. The largest absolute Gasteiger partial charge is 0.347 e. The third kappa shape index (κ3) is 1.09. The van der Waals surface area contributed by atoms with E-state index in [0.717, 1.165) is 19.6 Å². The van der Waals surface area contributed by atoms with Gasteiger partial charge in [0, 0.05) is 12.3 Å². The summed E-state index contributed by atoms with van der Waals surface area (Å²) in [4.78, 5) is 0. The average Bonchev–Trinajstić information content (AvgIpc) is 2.62. The van der Waals surface area contributed by atoms with Crippen LogP contribution in [0.1, 0.15) is 32.6 Å². The van der Waals surface area contributed by atoms with Crippen molar-refractivity contribution in [3.63, 3.8) is 0 Å². The van der Waals surface area contributed by atoms with Crippen LogP contribution in [0.25, 0.3) is 0 Å². The van der Waals surface area contributed by atoms with Gasteiger partial charge in [0.25, 0.3) is 0 Å². The zero-order valence-corrected chi connectivity index (χ0v) is 7.14. The molecule has 2 nitrogen and oxygen atoms in total. The standard InChI is InChI=1S/C9H16O2/c1-2-8-4-3-5-9(8)10-6-7-11-9/h8H,2-7H2,1H3/t8-/m0/s1. The van der Waals surface area contributed by atoms with Crippen LogP contribution in [0.4, 0.5) is 0 Å². The Labute approximate surface area is 67.9 Å². The van der Waals surface area contributed by atoms with Crippen molar-refractivity contribution in [1.82, 2.24) is 0 Å². The molecule has 1 atom stereocenters. The summed E-state index contributed by atoms with van der Waals surface area (Å²) < 4.78 is 11.4. The summed E-state index contributed by atoms with van der Waals surface area (Å²) in [5.41, 5.74) is 0. The van der Waals surface area contributed by atoms with Gasteiger partial charge in [-0.25, -0.2) is 0 Å². The maximum absolute atomic E-state index is 5.68. The first-order chi connectivity index (χ1) is 5.37. The lowest BCUT2D eigenvalue weighted by molar-refractivity contribution is -0.181. The van der Waals surface area contributed by atoms with E-state index in [-0.39, 0.29) is 5.79 Å². The summed E-state index contributed by atoms with van der Waals surface area (Å²) in [6.07, 6.45) is 4.88. The summed E-state index contributed by atoms with van der Waals surface area (Å²) in [7, 11) is 0. The molecule has 11 heavy (non-hydrogen) atoms. The van der Waals surface area contributed by atoms with Gasteiger partial charge < -0.3 is 9.47 Å². The van der Waals surface area contributed by atoms with Crippen LogP contribution < -0.4 is 0 Å². The van der Waals surface area contributed by atoms with Gasteiger partial charge in [-0.2, -0.15) is 0 Å². The molecule has 1 aliphatic heterocycles. The number of hydrogen-bond acceptors (Lipinski definition) is 2. The fourth-order valence-corrected chi connectivity index (χ4v) is 2.38. The molecular formula is C9H16O2. The number of hydrogen-bond donors (Lipinski definition) is 0. The monoisotopic (exact) mass is 156 g/mol. The van der Waals surface area contributed by atoms with Crippen molar-refractivity contribution >= 4 is 0 Å². The molecule has 0 aromatic heterocycles. The van der Waals surface area contributed by atoms with Gasteiger partial charge in [-0.1, -0.05) is 6.92 Å². The zero-order valence-electron chi connectivity index (χ0n) is 7.14. The van der Waals surface area contributed by atoms with Gasteiger partial charge in [0.15, 0.2) is 5.79 Å². The molecule has 2 aliphatic rings. The highest BCUT2D eigenvalue weighted by molar-refractivity contribution is 4.87. The molecule has 0 radical (unpaired) electrons. The lowest BCUT2D eigenvalue weighted by Gasteiger charge is -2.28. The predicted octanol–water partition coefficient (Wildman–Crippen LogP) is 1.94. The Morgan fingerprint density at radius 2 is 2.09 bits per heavy atom. The lowest BCUT2D eigenvalue weighted by atomic mass is 10.00. The second-order valence-corrected chi connectivity index (χ2v) is 3.51. The fraction of sp³-hybridized carbons (Fsp3) is 1.00. The summed E-state index contributed by atoms with van der Waals surface area (Å²) in [6, 6.07) is 0. The van der Waals surface area contributed by atoms with E-state index in [9.17, 15) is 0 Å². The van der Waals surface area contributed by atoms with E-state index in [4.69, 9.17) is 9.47 Å². The smallest absolute Gasteiger partial charge is 0.171 e. The van der Waals surface area contributed by atoms with Gasteiger partial charge in [0.1, 0.15) is 0 Å². The van der Waals surface area contributed by atoms with Crippen molar-refractivity contribution in [2.45, 2.75) is 38.4 Å². The van der Waals surface area contributed by atoms with Gasteiger partial charge in [-0.3, -0.25) is 0 Å². The molecule has 0 N–H and O–H groups in total. The molecule has 0 unspecified atom stereocenters. The molecule has 0 aromatic rings. The lowest BCUT2D eigenvalue weighted by Crippen LogP contribution is -2.33. The molecule has 1 heterocycles. The van der Waals surface area contributed by atoms with Gasteiger partial charge in [-0.15, -0.1) is 0 Å². The van der Waals surface area contributed by atoms with Crippen LogP contribution in [-0.4, -0.2) is 19.0 Å². The Bertz CT molecular complexity index is 133. The van der Waals surface area contributed by atoms with Crippen LogP contribution in [0.15, 0.2) is 0 Å². The minimum Gasteiger partial charge on any atom is -0.347 e. The SMILES string of the molecule is CC[C@H]1CCCC12OCCO2. The van der Waals surface area contributed by atoms with Gasteiger partial charge >= 0.3 is 0 Å². The van der Waals surface area contributed by atoms with Crippen LogP contribution in [0.2, 0.25) is 0 Å². The maximum atomic E-state index is 5.68. The molecule has 64 valence electrons. The van der Waals surface area contributed by atoms with Gasteiger partial charge in [-0.05, 0) is 19.3 Å². The number of ether oxygens (including phenoxy) is 2. The first-order valence-corrected chi connectivity index (χ1v) is 4.65. The Morgan fingerprint density at radius 3 is 2.73 bits per heavy atom. The molecule has 1 aliphatic carbocycles. The highest BCUT2D eigenvalue weighted by atomic mass is 16.7. The van der Waals surface area contributed by atoms with Crippen LogP contribution >= 0.6 is 0 Å². The van der Waals surface area contributed by atoms with Crippen molar-refractivity contribution < 1.29 is 9.47 Å². The van der Waals surface area contributed by atoms with E-state index >= 15 is 0 Å². The average molecular weight is 156 g/mol. The third-order valence-electron chi connectivity index (χ3n) is 2.97. The number of rotatable bonds is 1. The molecular weight excluding hydrogens is 140 g/mol. The second kappa shape index (κ2) is 2.76. The van der Waals surface area contributed by atoms with Crippen molar-refractivity contribution in [1.29, 1.82) is 0 Å². The summed E-state index contributed by atoms with van der Waals surface area (Å²) in [6.45, 7) is 3.83. The van der Waals surface area contributed by atoms with Crippen molar-refractivity contribution in [3.8, 4) is 0 Å². The van der Waals surface area contributed by atoms with E-state index in [1.54, 1.807) is 0 Å². The zero-order chi connectivity index (χ0) is 7.73. The minimum atomic E-state index is -0.144. The predicted molar refractivity (Wildman–Crippen MR) is 42.3 cm³/mol. The molecule has 1 saturated carbocycles. The van der Waals surface area contributed by atoms with E-state index in [2.05, 4.69) is 6.92 Å². The fourth-order valence-electron chi connectivity index (χ4n) is 2.38. The van der Waals surface area contributed by atoms with E-state index in [0.29, 0.717) is 5.92 Å². The highest BCUT2D eigenvalue weighted by Gasteiger charge is 2.46. The topological polar surface area (TPSA) is 18.5 Å². The van der Waals surface area contributed by atoms with Crippen LogP contribution in [-0.2, 0) is 9.47 Å². The molecule has 1 spiro atoms. The quantitative estimate of drug-likeness (QED) is 0.577. The molecule has 0 aromatic carbocycles. The van der Waals surface area contributed by atoms with E-state index in [1.807, 2.05) is 0 Å². The first kappa shape index (κ1) is 7.56. The minimum absolute atomic E-state index is 0.144. The molecule has 2 fully saturated rings. The van der Waals surface area contributed by atoms with Crippen molar-refractivity contribution in [2.24, 2.45) is 5.92 Å². The highest BCUT2D eigenvalue weighted by Crippen LogP contribution is 2.43. The summed E-state index contributed by atoms with van der Waals surface area (Å²) >= 11 is 0. The van der Waals surface area contributed by atoms with Crippen molar-refractivity contribution in [3.05, 3.63) is 0 Å². The van der Waals surface area contributed by atoms with Crippen LogP contribution in [0.5, 0.6) is 0 Å². The molecule has 0 bridgehead atoms. The van der Waals surface area contributed by atoms with Crippen molar-refractivity contribution in [2.75, 3.05) is 13.2 Å². The molecule has 2 rings (SSSR count). The molecule has 0 amide bonds. The second-order valence-electron chi connectivity index (χ2n) is 3.51. The molecule has 2 heteroatoms. The summed E-state index contributed by atoms with van der Waals surface area (Å²) in [5.74, 6) is 0.513. The van der Waals surface area contributed by atoms with Gasteiger partial charge in [0.05, 0.1) is 13.2 Å².